The third-order valence-corrected chi connectivity index (χ3v) is 5.88. The monoisotopic (exact) mass is 319 g/mol. The van der Waals surface area contributed by atoms with E-state index in [-0.39, 0.29) is 12.6 Å². The number of likely N-dealkylation sites (tertiary alicyclic amines) is 1. The van der Waals surface area contributed by atoms with E-state index in [0.717, 1.165) is 36.7 Å². The van der Waals surface area contributed by atoms with Crippen molar-refractivity contribution in [3.05, 3.63) is 0 Å². The van der Waals surface area contributed by atoms with Crippen LogP contribution in [0.15, 0.2) is 0 Å². The highest BCUT2D eigenvalue weighted by Gasteiger charge is 2.37. The first-order valence-electron chi connectivity index (χ1n) is 7.64. The molecule has 0 aromatic carbocycles. The molecule has 2 saturated heterocycles. The van der Waals surface area contributed by atoms with Gasteiger partial charge in [0.1, 0.15) is 6.04 Å². The summed E-state index contributed by atoms with van der Waals surface area (Å²) in [6.07, 6.45) is 4.17. The van der Waals surface area contributed by atoms with Crippen LogP contribution < -0.4 is 4.72 Å². The molecule has 2 atom stereocenters. The summed E-state index contributed by atoms with van der Waals surface area (Å²) >= 11 is 0. The molecule has 0 saturated carbocycles. The van der Waals surface area contributed by atoms with Crippen LogP contribution in [0.2, 0.25) is 0 Å². The summed E-state index contributed by atoms with van der Waals surface area (Å²) in [5, 5.41) is 9.19. The van der Waals surface area contributed by atoms with Crippen LogP contribution in [0, 0.1) is 0 Å². The summed E-state index contributed by atoms with van der Waals surface area (Å²) in [5.41, 5.74) is 0. The molecule has 0 bridgehead atoms. The first kappa shape index (κ1) is 16.7. The summed E-state index contributed by atoms with van der Waals surface area (Å²) in [6, 6.07) is -1.15. The van der Waals surface area contributed by atoms with E-state index in [4.69, 9.17) is 0 Å². The number of rotatable bonds is 6. The lowest BCUT2D eigenvalue weighted by Gasteiger charge is -2.33. The molecule has 7 nitrogen and oxygen atoms in total. The molecule has 2 heterocycles. The molecule has 0 aromatic rings. The van der Waals surface area contributed by atoms with Crippen molar-refractivity contribution < 1.29 is 18.3 Å². The zero-order valence-electron chi connectivity index (χ0n) is 12.5. The standard InChI is InChI=1S/C13H25N3O4S/c1-11(10-15-7-4-5-8-15)14-21(19,20)16-9-3-2-6-12(16)13(17)18/h11-12,14H,2-10H2,1H3,(H,17,18). The Morgan fingerprint density at radius 3 is 2.48 bits per heavy atom. The molecule has 2 fully saturated rings. The van der Waals surface area contributed by atoms with Crippen molar-refractivity contribution in [1.29, 1.82) is 0 Å². The van der Waals surface area contributed by atoms with Gasteiger partial charge in [-0.25, -0.2) is 0 Å². The summed E-state index contributed by atoms with van der Waals surface area (Å²) in [4.78, 5) is 13.5. The minimum absolute atomic E-state index is 0.218. The first-order valence-corrected chi connectivity index (χ1v) is 9.08. The van der Waals surface area contributed by atoms with Gasteiger partial charge in [0.05, 0.1) is 0 Å². The molecule has 0 radical (unpaired) electrons. The Kier molecular flexibility index (Phi) is 5.59. The summed E-state index contributed by atoms with van der Waals surface area (Å²) in [6.45, 7) is 4.80. The maximum absolute atomic E-state index is 12.4. The molecule has 2 N–H and O–H groups in total. The third-order valence-electron chi connectivity index (χ3n) is 4.13. The van der Waals surface area contributed by atoms with E-state index < -0.39 is 22.2 Å². The molecule has 2 aliphatic heterocycles. The van der Waals surface area contributed by atoms with Gasteiger partial charge in [-0.1, -0.05) is 0 Å². The fourth-order valence-corrected chi connectivity index (χ4v) is 4.77. The van der Waals surface area contributed by atoms with Gasteiger partial charge in [-0.3, -0.25) is 4.79 Å². The van der Waals surface area contributed by atoms with Crippen molar-refractivity contribution in [3.63, 3.8) is 0 Å². The topological polar surface area (TPSA) is 90.0 Å². The number of carboxylic acid groups (broad SMARTS) is 1. The predicted molar refractivity (Wildman–Crippen MR) is 79.2 cm³/mol. The Morgan fingerprint density at radius 2 is 1.86 bits per heavy atom. The van der Waals surface area contributed by atoms with Gasteiger partial charge in [-0.05, 0) is 52.1 Å². The second-order valence-electron chi connectivity index (χ2n) is 5.99. The zero-order chi connectivity index (χ0) is 15.5. The second kappa shape index (κ2) is 7.04. The number of aliphatic carboxylic acids is 1. The lowest BCUT2D eigenvalue weighted by molar-refractivity contribution is -0.142. The van der Waals surface area contributed by atoms with Crippen LogP contribution in [-0.4, -0.2) is 67.0 Å². The minimum atomic E-state index is -3.74. The highest BCUT2D eigenvalue weighted by Crippen LogP contribution is 2.20. The van der Waals surface area contributed by atoms with Crippen molar-refractivity contribution in [2.45, 2.75) is 51.1 Å². The molecule has 0 aliphatic carbocycles. The smallest absolute Gasteiger partial charge is 0.322 e. The Morgan fingerprint density at radius 1 is 1.24 bits per heavy atom. The van der Waals surface area contributed by atoms with E-state index in [1.807, 2.05) is 6.92 Å². The number of piperidine rings is 1. The molecule has 2 rings (SSSR count). The molecular weight excluding hydrogens is 294 g/mol. The Balaban J connectivity index is 1.97. The van der Waals surface area contributed by atoms with Crippen LogP contribution in [-0.2, 0) is 15.0 Å². The summed E-state index contributed by atoms with van der Waals surface area (Å²) in [7, 11) is -3.74. The van der Waals surface area contributed by atoms with Crippen molar-refractivity contribution in [2.24, 2.45) is 0 Å². The number of carboxylic acids is 1. The quantitative estimate of drug-likeness (QED) is 0.732. The molecule has 0 spiro atoms. The van der Waals surface area contributed by atoms with Gasteiger partial charge in [-0.15, -0.1) is 0 Å². The van der Waals surface area contributed by atoms with Gasteiger partial charge in [-0.2, -0.15) is 17.4 Å². The van der Waals surface area contributed by atoms with Gasteiger partial charge >= 0.3 is 5.97 Å². The van der Waals surface area contributed by atoms with Crippen LogP contribution in [0.5, 0.6) is 0 Å². The number of hydrogen-bond acceptors (Lipinski definition) is 4. The minimum Gasteiger partial charge on any atom is -0.480 e. The largest absolute Gasteiger partial charge is 0.480 e. The fourth-order valence-electron chi connectivity index (χ4n) is 3.15. The number of nitrogens with one attached hydrogen (secondary N) is 1. The van der Waals surface area contributed by atoms with Crippen molar-refractivity contribution >= 4 is 16.2 Å². The lowest BCUT2D eigenvalue weighted by Crippen LogP contribution is -2.54. The van der Waals surface area contributed by atoms with Crippen LogP contribution in [0.1, 0.15) is 39.0 Å². The van der Waals surface area contributed by atoms with Gasteiger partial charge in [0, 0.05) is 19.1 Å². The third kappa shape index (κ3) is 4.38. The van der Waals surface area contributed by atoms with Gasteiger partial charge in [0.2, 0.25) is 0 Å². The Hall–Kier alpha value is -0.700. The Bertz CT molecular complexity index is 462. The molecule has 122 valence electrons. The van der Waals surface area contributed by atoms with Crippen molar-refractivity contribution in [1.82, 2.24) is 13.9 Å². The molecule has 8 heteroatoms. The number of nitrogens with zero attached hydrogens (tertiary/aromatic N) is 2. The van der Waals surface area contributed by atoms with E-state index in [1.54, 1.807) is 0 Å². The van der Waals surface area contributed by atoms with Gasteiger partial charge < -0.3 is 10.0 Å². The highest BCUT2D eigenvalue weighted by atomic mass is 32.2. The molecular formula is C13H25N3O4S. The van der Waals surface area contributed by atoms with E-state index in [2.05, 4.69) is 9.62 Å². The fraction of sp³-hybridized carbons (Fsp3) is 0.923. The van der Waals surface area contributed by atoms with Gasteiger partial charge in [0.25, 0.3) is 10.2 Å². The van der Waals surface area contributed by atoms with Crippen LogP contribution in [0.4, 0.5) is 0 Å². The van der Waals surface area contributed by atoms with Crippen LogP contribution >= 0.6 is 0 Å². The first-order chi connectivity index (χ1) is 9.90. The summed E-state index contributed by atoms with van der Waals surface area (Å²) < 4.78 is 28.6. The average molecular weight is 319 g/mol. The normalized spacial score (nSPS) is 26.8. The number of carbonyl (C=O) groups is 1. The van der Waals surface area contributed by atoms with E-state index in [1.165, 1.54) is 0 Å². The second-order valence-corrected chi connectivity index (χ2v) is 7.65. The maximum atomic E-state index is 12.4. The van der Waals surface area contributed by atoms with E-state index in [0.29, 0.717) is 19.4 Å². The SMILES string of the molecule is CC(CN1CCCC1)NS(=O)(=O)N1CCCCC1C(=O)O. The maximum Gasteiger partial charge on any atom is 0.322 e. The lowest BCUT2D eigenvalue weighted by atomic mass is 10.1. The van der Waals surface area contributed by atoms with Crippen LogP contribution in [0.3, 0.4) is 0 Å². The molecule has 2 unspecified atom stereocenters. The zero-order valence-corrected chi connectivity index (χ0v) is 13.3. The summed E-state index contributed by atoms with van der Waals surface area (Å²) in [5.74, 6) is -1.06. The van der Waals surface area contributed by atoms with E-state index >= 15 is 0 Å². The highest BCUT2D eigenvalue weighted by molar-refractivity contribution is 7.87. The molecule has 0 amide bonds. The predicted octanol–water partition coefficient (Wildman–Crippen LogP) is 0.244. The molecule has 21 heavy (non-hydrogen) atoms. The molecule has 2 aliphatic rings. The molecule has 0 aromatic heterocycles. The number of hydrogen-bond donors (Lipinski definition) is 2. The van der Waals surface area contributed by atoms with Crippen molar-refractivity contribution in [3.8, 4) is 0 Å². The van der Waals surface area contributed by atoms with Gasteiger partial charge in [0.15, 0.2) is 0 Å². The van der Waals surface area contributed by atoms with Crippen LogP contribution in [0.25, 0.3) is 0 Å². The average Bonchev–Trinajstić information content (AvgIpc) is 2.90. The Labute approximate surface area is 126 Å². The van der Waals surface area contributed by atoms with E-state index in [9.17, 15) is 18.3 Å². The van der Waals surface area contributed by atoms with Crippen molar-refractivity contribution in [2.75, 3.05) is 26.2 Å².